The van der Waals surface area contributed by atoms with Crippen LogP contribution >= 0.6 is 0 Å². The maximum absolute atomic E-state index is 8.63. The van der Waals surface area contributed by atoms with Crippen molar-refractivity contribution in [1.29, 1.82) is 5.26 Å². The van der Waals surface area contributed by atoms with Gasteiger partial charge in [0.25, 0.3) is 0 Å². The van der Waals surface area contributed by atoms with Gasteiger partial charge < -0.3 is 5.73 Å². The van der Waals surface area contributed by atoms with Crippen LogP contribution in [0.5, 0.6) is 0 Å². The highest BCUT2D eigenvalue weighted by Gasteiger charge is 1.98. The first kappa shape index (κ1) is 9.21. The third-order valence-electron chi connectivity index (χ3n) is 1.98. The highest BCUT2D eigenvalue weighted by molar-refractivity contribution is 5.31. The second kappa shape index (κ2) is 3.80. The fourth-order valence-electron chi connectivity index (χ4n) is 1.26. The normalized spacial score (nSPS) is 9.80. The lowest BCUT2D eigenvalue weighted by Crippen LogP contribution is -2.00. The van der Waals surface area contributed by atoms with Crippen LogP contribution in [0.2, 0.25) is 0 Å². The first-order chi connectivity index (χ1) is 7.28. The molecule has 1 heterocycles. The number of anilines is 1. The van der Waals surface area contributed by atoms with E-state index in [-0.39, 0.29) is 0 Å². The molecule has 0 aliphatic rings. The highest BCUT2D eigenvalue weighted by atomic mass is 15.4. The maximum atomic E-state index is 8.63. The monoisotopic (exact) mass is 199 g/mol. The van der Waals surface area contributed by atoms with Crippen molar-refractivity contribution in [1.82, 2.24) is 15.0 Å². The summed E-state index contributed by atoms with van der Waals surface area (Å²) in [6, 6.07) is 9.38. The van der Waals surface area contributed by atoms with Gasteiger partial charge in [-0.05, 0) is 17.7 Å². The second-order valence-electron chi connectivity index (χ2n) is 3.15. The zero-order valence-corrected chi connectivity index (χ0v) is 7.96. The molecule has 0 unspecified atom stereocenters. The van der Waals surface area contributed by atoms with Crippen LogP contribution in [0.25, 0.3) is 0 Å². The van der Waals surface area contributed by atoms with Crippen molar-refractivity contribution in [3.8, 4) is 6.07 Å². The Hall–Kier alpha value is -2.35. The summed E-state index contributed by atoms with van der Waals surface area (Å²) >= 11 is 0. The van der Waals surface area contributed by atoms with Gasteiger partial charge in [0.15, 0.2) is 5.82 Å². The lowest BCUT2D eigenvalue weighted by atomic mass is 10.1. The Kier molecular flexibility index (Phi) is 2.33. The van der Waals surface area contributed by atoms with E-state index in [9.17, 15) is 0 Å². The smallest absolute Gasteiger partial charge is 0.165 e. The molecule has 0 saturated heterocycles. The van der Waals surface area contributed by atoms with Crippen LogP contribution in [0.1, 0.15) is 11.1 Å². The number of hydrogen-bond donors (Lipinski definition) is 1. The van der Waals surface area contributed by atoms with E-state index in [1.807, 2.05) is 12.1 Å². The third-order valence-corrected chi connectivity index (χ3v) is 1.98. The Morgan fingerprint density at radius 2 is 2.07 bits per heavy atom. The summed E-state index contributed by atoms with van der Waals surface area (Å²) < 4.78 is 1.65. The fourth-order valence-corrected chi connectivity index (χ4v) is 1.26. The predicted octanol–water partition coefficient (Wildman–Crippen LogP) is 0.780. The van der Waals surface area contributed by atoms with E-state index in [1.54, 1.807) is 23.0 Å². The van der Waals surface area contributed by atoms with Gasteiger partial charge in [-0.2, -0.15) is 5.26 Å². The molecule has 0 aliphatic heterocycles. The molecule has 0 radical (unpaired) electrons. The molecule has 5 nitrogen and oxygen atoms in total. The van der Waals surface area contributed by atoms with Gasteiger partial charge in [0, 0.05) is 0 Å². The van der Waals surface area contributed by atoms with Crippen LogP contribution in [0.4, 0.5) is 5.82 Å². The van der Waals surface area contributed by atoms with Gasteiger partial charge in [-0.1, -0.05) is 17.3 Å². The molecule has 15 heavy (non-hydrogen) atoms. The minimum Gasteiger partial charge on any atom is -0.381 e. The summed E-state index contributed by atoms with van der Waals surface area (Å²) in [6.45, 7) is 0.607. The molecule has 0 fully saturated rings. The van der Waals surface area contributed by atoms with Gasteiger partial charge in [-0.15, -0.1) is 5.10 Å². The number of nitrogens with zero attached hydrogens (tertiary/aromatic N) is 4. The van der Waals surface area contributed by atoms with Crippen molar-refractivity contribution in [3.05, 3.63) is 41.6 Å². The topological polar surface area (TPSA) is 80.5 Å². The molecule has 74 valence electrons. The quantitative estimate of drug-likeness (QED) is 0.775. The minimum absolute atomic E-state index is 0.406. The van der Waals surface area contributed by atoms with E-state index >= 15 is 0 Å². The Labute approximate surface area is 86.7 Å². The molecule has 0 amide bonds. The van der Waals surface area contributed by atoms with Gasteiger partial charge in [0.1, 0.15) is 0 Å². The summed E-state index contributed by atoms with van der Waals surface area (Å²) in [7, 11) is 0. The zero-order valence-electron chi connectivity index (χ0n) is 7.96. The first-order valence-corrected chi connectivity index (χ1v) is 4.42. The van der Waals surface area contributed by atoms with Crippen LogP contribution < -0.4 is 5.73 Å². The van der Waals surface area contributed by atoms with Crippen molar-refractivity contribution in [2.45, 2.75) is 6.54 Å². The summed E-state index contributed by atoms with van der Waals surface area (Å²) in [5.74, 6) is 0.406. The Bertz CT molecular complexity index is 491. The molecule has 2 aromatic rings. The van der Waals surface area contributed by atoms with Crippen LogP contribution in [-0.2, 0) is 6.54 Å². The molecule has 2 rings (SSSR count). The third kappa shape index (κ3) is 2.11. The molecule has 5 heteroatoms. The maximum Gasteiger partial charge on any atom is 0.165 e. The van der Waals surface area contributed by atoms with Crippen molar-refractivity contribution >= 4 is 5.82 Å². The number of nitrogen functional groups attached to an aromatic ring is 1. The number of aromatic nitrogens is 3. The van der Waals surface area contributed by atoms with E-state index in [0.717, 1.165) is 5.56 Å². The minimum atomic E-state index is 0.406. The van der Waals surface area contributed by atoms with Crippen LogP contribution in [0.3, 0.4) is 0 Å². The second-order valence-corrected chi connectivity index (χ2v) is 3.15. The Balaban J connectivity index is 2.15. The molecule has 1 aromatic carbocycles. The highest BCUT2D eigenvalue weighted by Crippen LogP contribution is 2.05. The molecule has 1 aromatic heterocycles. The molecular weight excluding hydrogens is 190 g/mol. The van der Waals surface area contributed by atoms with Crippen LogP contribution in [-0.4, -0.2) is 15.0 Å². The first-order valence-electron chi connectivity index (χ1n) is 4.42. The van der Waals surface area contributed by atoms with Crippen molar-refractivity contribution < 1.29 is 0 Å². The summed E-state index contributed by atoms with van der Waals surface area (Å²) in [5, 5.41) is 16.1. The van der Waals surface area contributed by atoms with Crippen LogP contribution in [0, 0.1) is 11.3 Å². The Morgan fingerprint density at radius 3 is 2.60 bits per heavy atom. The number of rotatable bonds is 2. The molecule has 0 bridgehead atoms. The molecule has 0 saturated carbocycles. The van der Waals surface area contributed by atoms with E-state index in [1.165, 1.54) is 0 Å². The van der Waals surface area contributed by atoms with Gasteiger partial charge in [0.2, 0.25) is 0 Å². The predicted molar refractivity (Wildman–Crippen MR) is 54.7 cm³/mol. The molecule has 2 N–H and O–H groups in total. The van der Waals surface area contributed by atoms with E-state index in [2.05, 4.69) is 16.4 Å². The molecule has 0 spiro atoms. The molecule has 0 aliphatic carbocycles. The van der Waals surface area contributed by atoms with Gasteiger partial charge in [-0.3, -0.25) is 0 Å². The van der Waals surface area contributed by atoms with E-state index < -0.39 is 0 Å². The van der Waals surface area contributed by atoms with Crippen molar-refractivity contribution in [2.24, 2.45) is 0 Å². The van der Waals surface area contributed by atoms with Crippen molar-refractivity contribution in [2.75, 3.05) is 5.73 Å². The zero-order chi connectivity index (χ0) is 10.7. The average molecular weight is 199 g/mol. The number of hydrogen-bond acceptors (Lipinski definition) is 4. The molecule has 0 atom stereocenters. The largest absolute Gasteiger partial charge is 0.381 e. The average Bonchev–Trinajstić information content (AvgIpc) is 2.65. The van der Waals surface area contributed by atoms with Gasteiger partial charge in [-0.25, -0.2) is 4.68 Å². The standard InChI is InChI=1S/C10H9N5/c11-5-8-1-3-9(4-2-8)6-15-7-10(12)13-14-15/h1-4,7H,6,12H2. The number of nitrogens with two attached hydrogens (primary N) is 1. The summed E-state index contributed by atoms with van der Waals surface area (Å²) in [4.78, 5) is 0. The van der Waals surface area contributed by atoms with E-state index in [4.69, 9.17) is 11.0 Å². The van der Waals surface area contributed by atoms with Crippen molar-refractivity contribution in [3.63, 3.8) is 0 Å². The van der Waals surface area contributed by atoms with Crippen LogP contribution in [0.15, 0.2) is 30.5 Å². The molecular formula is C10H9N5. The SMILES string of the molecule is N#Cc1ccc(Cn2cc(N)nn2)cc1. The van der Waals surface area contributed by atoms with E-state index in [0.29, 0.717) is 17.9 Å². The van der Waals surface area contributed by atoms with Gasteiger partial charge >= 0.3 is 0 Å². The lowest BCUT2D eigenvalue weighted by Gasteiger charge is -1.99. The Morgan fingerprint density at radius 1 is 1.33 bits per heavy atom. The fraction of sp³-hybridized carbons (Fsp3) is 0.100. The summed E-state index contributed by atoms with van der Waals surface area (Å²) in [6.07, 6.45) is 1.66. The number of benzene rings is 1. The van der Waals surface area contributed by atoms with Gasteiger partial charge in [0.05, 0.1) is 24.4 Å². The lowest BCUT2D eigenvalue weighted by molar-refractivity contribution is 0.650. The number of nitriles is 1. The summed E-state index contributed by atoms with van der Waals surface area (Å²) in [5.41, 5.74) is 7.14.